The summed E-state index contributed by atoms with van der Waals surface area (Å²) in [4.78, 5) is 19.6. The average Bonchev–Trinajstić information content (AvgIpc) is 2.98. The molecule has 1 aromatic heterocycles. The van der Waals surface area contributed by atoms with Crippen molar-refractivity contribution in [3.63, 3.8) is 0 Å². The molecule has 3 heterocycles. The highest BCUT2D eigenvalue weighted by atomic mass is 32.2. The molecule has 4 atom stereocenters. The van der Waals surface area contributed by atoms with Crippen LogP contribution in [0.5, 0.6) is 0 Å². The summed E-state index contributed by atoms with van der Waals surface area (Å²) in [6, 6.07) is -0.512. The molecule has 0 saturated carbocycles. The Morgan fingerprint density at radius 1 is 1.65 bits per heavy atom. The van der Waals surface area contributed by atoms with Gasteiger partial charge in [-0.15, -0.1) is 0 Å². The van der Waals surface area contributed by atoms with Gasteiger partial charge in [-0.3, -0.25) is 9.36 Å². The van der Waals surface area contributed by atoms with Crippen molar-refractivity contribution in [2.45, 2.75) is 23.6 Å². The number of nitrogens with zero attached hydrogens (tertiary/aromatic N) is 3. The third-order valence-corrected chi connectivity index (χ3v) is 4.54. The Kier molecular flexibility index (Phi) is 3.07. The number of hydrogen-bond acceptors (Lipinski definition) is 8. The molecule has 0 radical (unpaired) electrons. The molecule has 0 bridgehead atoms. The molecule has 0 aromatic carbocycles. The number of amides is 1. The van der Waals surface area contributed by atoms with Crippen LogP contribution in [0.2, 0.25) is 0 Å². The van der Waals surface area contributed by atoms with Gasteiger partial charge in [0.25, 0.3) is 5.91 Å². The summed E-state index contributed by atoms with van der Waals surface area (Å²) in [6.07, 6.45) is 0.0631. The monoisotopic (exact) mass is 298 g/mol. The maximum Gasteiger partial charge on any atom is 0.271 e. The number of aliphatic hydroxyl groups excluding tert-OH is 2. The second-order valence-corrected chi connectivity index (χ2v) is 5.80. The van der Waals surface area contributed by atoms with Gasteiger partial charge in [-0.2, -0.15) is 0 Å². The van der Waals surface area contributed by atoms with Crippen LogP contribution >= 0.6 is 11.8 Å². The predicted molar refractivity (Wildman–Crippen MR) is 73.3 cm³/mol. The van der Waals surface area contributed by atoms with E-state index in [0.717, 1.165) is 0 Å². The molecule has 20 heavy (non-hydrogen) atoms. The first-order chi connectivity index (χ1) is 9.52. The third kappa shape index (κ3) is 1.84. The molecule has 0 spiro atoms. The van der Waals surface area contributed by atoms with Crippen molar-refractivity contribution in [3.05, 3.63) is 12.0 Å². The van der Waals surface area contributed by atoms with E-state index in [9.17, 15) is 9.90 Å². The summed E-state index contributed by atoms with van der Waals surface area (Å²) in [5.41, 5.74) is 11.1. The van der Waals surface area contributed by atoms with Crippen LogP contribution in [-0.4, -0.2) is 54.8 Å². The van der Waals surface area contributed by atoms with E-state index < -0.39 is 24.7 Å². The number of aromatic nitrogens is 2. The van der Waals surface area contributed by atoms with Gasteiger partial charge in [0.05, 0.1) is 30.3 Å². The molecular weight excluding hydrogens is 284 g/mol. The third-order valence-electron chi connectivity index (χ3n) is 3.38. The Morgan fingerprint density at radius 2 is 2.40 bits per heavy atom. The summed E-state index contributed by atoms with van der Waals surface area (Å²) < 4.78 is 1.66. The molecule has 1 aromatic rings. The minimum atomic E-state index is -1.01. The Hall–Kier alpha value is -1.78. The van der Waals surface area contributed by atoms with Crippen molar-refractivity contribution in [1.29, 1.82) is 0 Å². The second kappa shape index (κ2) is 4.65. The molecule has 0 fully saturated rings. The number of aliphatic imine (C=N–C) groups is 1. The average molecular weight is 298 g/mol. The number of thioether (sulfide) groups is 1. The number of hydrogen-bond donors (Lipinski definition) is 5. The molecule has 1 amide bonds. The molecule has 2 aliphatic rings. The number of aliphatic hydroxyl groups is 2. The minimum absolute atomic E-state index is 0.0734. The number of primary amides is 1. The Morgan fingerprint density at radius 3 is 3.05 bits per heavy atom. The van der Waals surface area contributed by atoms with Crippen LogP contribution in [0.15, 0.2) is 11.3 Å². The van der Waals surface area contributed by atoms with E-state index in [-0.39, 0.29) is 17.1 Å². The van der Waals surface area contributed by atoms with E-state index in [1.807, 2.05) is 0 Å². The first kappa shape index (κ1) is 13.2. The van der Waals surface area contributed by atoms with Gasteiger partial charge < -0.3 is 27.0 Å². The lowest BCUT2D eigenvalue weighted by Gasteiger charge is -2.36. The number of carbonyl (C=O) groups excluding carboxylic acids is 1. The Labute approximate surface area is 118 Å². The van der Waals surface area contributed by atoms with E-state index in [4.69, 9.17) is 16.6 Å². The van der Waals surface area contributed by atoms with Crippen molar-refractivity contribution >= 4 is 28.7 Å². The number of imidazole rings is 1. The Balaban J connectivity index is 2.06. The molecule has 7 N–H and O–H groups in total. The SMILES string of the molecule is NC(=O)c1ncn2c1N[C@H]([C@@H](O)CO)[C@H]1SC(N)=N[C@H]12. The van der Waals surface area contributed by atoms with Crippen LogP contribution < -0.4 is 16.8 Å². The van der Waals surface area contributed by atoms with E-state index in [1.165, 1.54) is 18.1 Å². The molecule has 2 aliphatic heterocycles. The minimum Gasteiger partial charge on any atom is -0.394 e. The van der Waals surface area contributed by atoms with Crippen molar-refractivity contribution in [2.75, 3.05) is 11.9 Å². The smallest absolute Gasteiger partial charge is 0.271 e. The lowest BCUT2D eigenvalue weighted by molar-refractivity contribution is 0.0731. The summed E-state index contributed by atoms with van der Waals surface area (Å²) in [5, 5.41) is 22.3. The fourth-order valence-electron chi connectivity index (χ4n) is 2.47. The number of anilines is 1. The maximum atomic E-state index is 11.4. The van der Waals surface area contributed by atoms with Gasteiger partial charge in [0.1, 0.15) is 12.0 Å². The fourth-order valence-corrected chi connectivity index (χ4v) is 3.62. The summed E-state index contributed by atoms with van der Waals surface area (Å²) in [7, 11) is 0. The van der Waals surface area contributed by atoms with Crippen LogP contribution in [0.25, 0.3) is 0 Å². The van der Waals surface area contributed by atoms with E-state index >= 15 is 0 Å². The molecule has 9 nitrogen and oxygen atoms in total. The summed E-state index contributed by atoms with van der Waals surface area (Å²) >= 11 is 1.31. The molecule has 0 aliphatic carbocycles. The van der Waals surface area contributed by atoms with Crippen molar-refractivity contribution in [2.24, 2.45) is 16.5 Å². The fraction of sp³-hybridized carbons (Fsp3) is 0.500. The normalized spacial score (nSPS) is 29.1. The maximum absolute atomic E-state index is 11.4. The van der Waals surface area contributed by atoms with Crippen LogP contribution in [0, 0.1) is 0 Å². The molecular formula is C10H14N6O3S. The lowest BCUT2D eigenvalue weighted by Crippen LogP contribution is -2.50. The molecule has 108 valence electrons. The first-order valence-corrected chi connectivity index (χ1v) is 6.83. The zero-order valence-corrected chi connectivity index (χ0v) is 11.1. The van der Waals surface area contributed by atoms with Crippen LogP contribution in [0.4, 0.5) is 5.82 Å². The van der Waals surface area contributed by atoms with E-state index in [1.54, 1.807) is 4.57 Å². The highest BCUT2D eigenvalue weighted by Crippen LogP contribution is 2.42. The van der Waals surface area contributed by atoms with Crippen molar-refractivity contribution in [1.82, 2.24) is 9.55 Å². The van der Waals surface area contributed by atoms with Gasteiger partial charge in [-0.25, -0.2) is 9.98 Å². The molecule has 3 rings (SSSR count). The molecule has 0 saturated heterocycles. The number of rotatable bonds is 3. The van der Waals surface area contributed by atoms with Gasteiger partial charge in [0.15, 0.2) is 10.9 Å². The van der Waals surface area contributed by atoms with Crippen LogP contribution in [-0.2, 0) is 0 Å². The quantitative estimate of drug-likeness (QED) is 0.435. The van der Waals surface area contributed by atoms with Crippen LogP contribution in [0.1, 0.15) is 16.7 Å². The van der Waals surface area contributed by atoms with Crippen molar-refractivity contribution in [3.8, 4) is 0 Å². The number of nitrogens with one attached hydrogen (secondary N) is 1. The van der Waals surface area contributed by atoms with E-state index in [0.29, 0.717) is 11.0 Å². The van der Waals surface area contributed by atoms with Gasteiger partial charge >= 0.3 is 0 Å². The zero-order chi connectivity index (χ0) is 14.4. The summed E-state index contributed by atoms with van der Waals surface area (Å²) in [5.74, 6) is -0.292. The number of amidine groups is 1. The molecule has 10 heteroatoms. The lowest BCUT2D eigenvalue weighted by atomic mass is 10.0. The number of fused-ring (bicyclic) bond motifs is 3. The number of nitrogens with two attached hydrogens (primary N) is 2. The zero-order valence-electron chi connectivity index (χ0n) is 10.3. The second-order valence-electron chi connectivity index (χ2n) is 4.60. The van der Waals surface area contributed by atoms with Gasteiger partial charge in [0, 0.05) is 0 Å². The molecule has 0 unspecified atom stereocenters. The highest BCUT2D eigenvalue weighted by Gasteiger charge is 2.45. The van der Waals surface area contributed by atoms with Gasteiger partial charge in [-0.1, -0.05) is 11.8 Å². The summed E-state index contributed by atoms with van der Waals surface area (Å²) in [6.45, 7) is -0.415. The van der Waals surface area contributed by atoms with Gasteiger partial charge in [0.2, 0.25) is 0 Å². The largest absolute Gasteiger partial charge is 0.394 e. The van der Waals surface area contributed by atoms with Crippen LogP contribution in [0.3, 0.4) is 0 Å². The van der Waals surface area contributed by atoms with E-state index in [2.05, 4.69) is 15.3 Å². The highest BCUT2D eigenvalue weighted by molar-refractivity contribution is 8.14. The Bertz CT molecular complexity index is 588. The first-order valence-electron chi connectivity index (χ1n) is 5.95. The standard InChI is InChI=1S/C10H14N6O3S/c11-7(19)5-8-14-4(3(18)1-17)6-9(15-10(12)20-6)16(8)2-13-5/h2-4,6,9,14,17-18H,1H2,(H2,11,19)(H2,12,15)/t3-,4+,6+,9-/m0/s1. The predicted octanol–water partition coefficient (Wildman–Crippen LogP) is -1.94. The topological polar surface area (TPSA) is 152 Å². The number of carbonyl (C=O) groups is 1. The van der Waals surface area contributed by atoms with Crippen molar-refractivity contribution < 1.29 is 15.0 Å². The van der Waals surface area contributed by atoms with Gasteiger partial charge in [-0.05, 0) is 0 Å².